The highest BCUT2D eigenvalue weighted by molar-refractivity contribution is 6.06. The number of carbonyl (C=O) groups is 1. The molecular formula is C16H16FNO2. The van der Waals surface area contributed by atoms with E-state index < -0.39 is 11.7 Å². The summed E-state index contributed by atoms with van der Waals surface area (Å²) in [6, 6.07) is 11.9. The van der Waals surface area contributed by atoms with Crippen LogP contribution in [0.4, 0.5) is 10.1 Å². The molecule has 0 saturated heterocycles. The second-order valence-electron chi connectivity index (χ2n) is 4.47. The van der Waals surface area contributed by atoms with Gasteiger partial charge in [-0.25, -0.2) is 4.39 Å². The molecule has 4 heteroatoms. The SMILES string of the molecule is COc1ccccc1N(C)C(=O)c1cccc(C)c1F. The fraction of sp³-hybridized carbons (Fsp3) is 0.188. The van der Waals surface area contributed by atoms with Crippen molar-refractivity contribution in [1.82, 2.24) is 0 Å². The molecule has 0 N–H and O–H groups in total. The summed E-state index contributed by atoms with van der Waals surface area (Å²) in [6.07, 6.45) is 0. The summed E-state index contributed by atoms with van der Waals surface area (Å²) in [5.74, 6) is -0.327. The average molecular weight is 273 g/mol. The van der Waals surface area contributed by atoms with Gasteiger partial charge in [-0.05, 0) is 30.7 Å². The highest BCUT2D eigenvalue weighted by Gasteiger charge is 2.20. The van der Waals surface area contributed by atoms with Gasteiger partial charge in [0.25, 0.3) is 5.91 Å². The van der Waals surface area contributed by atoms with E-state index in [1.807, 2.05) is 6.07 Å². The van der Waals surface area contributed by atoms with E-state index in [4.69, 9.17) is 4.74 Å². The molecule has 3 nitrogen and oxygen atoms in total. The lowest BCUT2D eigenvalue weighted by Crippen LogP contribution is -2.27. The second kappa shape index (κ2) is 5.74. The van der Waals surface area contributed by atoms with Crippen molar-refractivity contribution in [2.24, 2.45) is 0 Å². The molecule has 2 rings (SSSR count). The molecule has 0 aliphatic rings. The Hall–Kier alpha value is -2.36. The first-order chi connectivity index (χ1) is 9.56. The summed E-state index contributed by atoms with van der Waals surface area (Å²) >= 11 is 0. The first-order valence-corrected chi connectivity index (χ1v) is 6.22. The van der Waals surface area contributed by atoms with Crippen LogP contribution in [0.2, 0.25) is 0 Å². The van der Waals surface area contributed by atoms with Crippen LogP contribution in [-0.2, 0) is 0 Å². The number of methoxy groups -OCH3 is 1. The molecule has 0 aliphatic carbocycles. The number of hydrogen-bond acceptors (Lipinski definition) is 2. The molecule has 1 amide bonds. The Morgan fingerprint density at radius 3 is 2.55 bits per heavy atom. The van der Waals surface area contributed by atoms with Crippen molar-refractivity contribution in [3.63, 3.8) is 0 Å². The van der Waals surface area contributed by atoms with Crippen molar-refractivity contribution in [2.45, 2.75) is 6.92 Å². The lowest BCUT2D eigenvalue weighted by atomic mass is 10.1. The highest BCUT2D eigenvalue weighted by Crippen LogP contribution is 2.28. The van der Waals surface area contributed by atoms with E-state index in [1.54, 1.807) is 44.3 Å². The summed E-state index contributed by atoms with van der Waals surface area (Å²) < 4.78 is 19.3. The molecule has 0 aromatic heterocycles. The number of rotatable bonds is 3. The van der Waals surface area contributed by atoms with Gasteiger partial charge < -0.3 is 9.64 Å². The fourth-order valence-electron chi connectivity index (χ4n) is 2.01. The van der Waals surface area contributed by atoms with Crippen LogP contribution in [0.15, 0.2) is 42.5 Å². The fourth-order valence-corrected chi connectivity index (χ4v) is 2.01. The molecule has 0 radical (unpaired) electrons. The smallest absolute Gasteiger partial charge is 0.261 e. The molecule has 0 heterocycles. The Bertz CT molecular complexity index is 640. The standard InChI is InChI=1S/C16H16FNO2/c1-11-7-6-8-12(15(11)17)16(19)18(2)13-9-4-5-10-14(13)20-3/h4-10H,1-3H3. The Morgan fingerprint density at radius 2 is 1.85 bits per heavy atom. The number of nitrogens with zero attached hydrogens (tertiary/aromatic N) is 1. The van der Waals surface area contributed by atoms with Crippen molar-refractivity contribution in [2.75, 3.05) is 19.1 Å². The van der Waals surface area contributed by atoms with Gasteiger partial charge in [0.2, 0.25) is 0 Å². The normalized spacial score (nSPS) is 10.2. The number of para-hydroxylation sites is 2. The summed E-state index contributed by atoms with van der Waals surface area (Å²) in [6.45, 7) is 1.63. The van der Waals surface area contributed by atoms with E-state index in [-0.39, 0.29) is 5.56 Å². The van der Waals surface area contributed by atoms with Crippen LogP contribution in [0.1, 0.15) is 15.9 Å². The number of amides is 1. The summed E-state index contributed by atoms with van der Waals surface area (Å²) in [5.41, 5.74) is 1.10. The van der Waals surface area contributed by atoms with Gasteiger partial charge in [0.1, 0.15) is 11.6 Å². The van der Waals surface area contributed by atoms with E-state index >= 15 is 0 Å². The number of halogens is 1. The molecule has 0 spiro atoms. The largest absolute Gasteiger partial charge is 0.495 e. The predicted molar refractivity (Wildman–Crippen MR) is 76.9 cm³/mol. The van der Waals surface area contributed by atoms with Crippen LogP contribution in [0.25, 0.3) is 0 Å². The van der Waals surface area contributed by atoms with Crippen LogP contribution in [0.3, 0.4) is 0 Å². The number of aryl methyl sites for hydroxylation is 1. The lowest BCUT2D eigenvalue weighted by molar-refractivity contribution is 0.0988. The molecule has 2 aromatic rings. The summed E-state index contributed by atoms with van der Waals surface area (Å²) in [4.78, 5) is 13.8. The van der Waals surface area contributed by atoms with E-state index in [0.29, 0.717) is 17.0 Å². The number of benzene rings is 2. The Morgan fingerprint density at radius 1 is 1.15 bits per heavy atom. The van der Waals surface area contributed by atoms with Gasteiger partial charge >= 0.3 is 0 Å². The van der Waals surface area contributed by atoms with Gasteiger partial charge in [0.05, 0.1) is 18.4 Å². The first kappa shape index (κ1) is 14.1. The van der Waals surface area contributed by atoms with Crippen LogP contribution < -0.4 is 9.64 Å². The molecule has 0 bridgehead atoms. The zero-order chi connectivity index (χ0) is 14.7. The number of carbonyl (C=O) groups excluding carboxylic acids is 1. The Kier molecular flexibility index (Phi) is 4.03. The summed E-state index contributed by atoms with van der Waals surface area (Å²) in [5, 5.41) is 0. The van der Waals surface area contributed by atoms with Crippen LogP contribution >= 0.6 is 0 Å². The van der Waals surface area contributed by atoms with Crippen molar-refractivity contribution in [3.05, 3.63) is 59.4 Å². The zero-order valence-corrected chi connectivity index (χ0v) is 11.7. The third-order valence-electron chi connectivity index (χ3n) is 3.17. The van der Waals surface area contributed by atoms with Gasteiger partial charge in [0, 0.05) is 7.05 Å². The van der Waals surface area contributed by atoms with Gasteiger partial charge in [-0.2, -0.15) is 0 Å². The minimum absolute atomic E-state index is 0.0541. The Balaban J connectivity index is 2.40. The van der Waals surface area contributed by atoms with Gasteiger partial charge in [-0.1, -0.05) is 24.3 Å². The lowest BCUT2D eigenvalue weighted by Gasteiger charge is -2.20. The van der Waals surface area contributed by atoms with Gasteiger partial charge in [-0.15, -0.1) is 0 Å². The third kappa shape index (κ3) is 2.50. The number of anilines is 1. The minimum Gasteiger partial charge on any atom is -0.495 e. The molecule has 0 saturated carbocycles. The van der Waals surface area contributed by atoms with Crippen molar-refractivity contribution < 1.29 is 13.9 Å². The maximum atomic E-state index is 14.0. The quantitative estimate of drug-likeness (QED) is 0.857. The Labute approximate surface area is 117 Å². The molecule has 0 unspecified atom stereocenters. The maximum absolute atomic E-state index is 14.0. The number of ether oxygens (including phenoxy) is 1. The van der Waals surface area contributed by atoms with Gasteiger partial charge in [-0.3, -0.25) is 4.79 Å². The third-order valence-corrected chi connectivity index (χ3v) is 3.17. The monoisotopic (exact) mass is 273 g/mol. The second-order valence-corrected chi connectivity index (χ2v) is 4.47. The molecule has 104 valence electrons. The molecule has 0 atom stereocenters. The van der Waals surface area contributed by atoms with E-state index in [2.05, 4.69) is 0 Å². The van der Waals surface area contributed by atoms with E-state index in [1.165, 1.54) is 18.1 Å². The maximum Gasteiger partial charge on any atom is 0.261 e. The van der Waals surface area contributed by atoms with Crippen LogP contribution in [0, 0.1) is 12.7 Å². The highest BCUT2D eigenvalue weighted by atomic mass is 19.1. The van der Waals surface area contributed by atoms with Crippen molar-refractivity contribution in [3.8, 4) is 5.75 Å². The van der Waals surface area contributed by atoms with Crippen molar-refractivity contribution >= 4 is 11.6 Å². The number of hydrogen-bond donors (Lipinski definition) is 0. The van der Waals surface area contributed by atoms with Gasteiger partial charge in [0.15, 0.2) is 0 Å². The van der Waals surface area contributed by atoms with Crippen LogP contribution in [0.5, 0.6) is 5.75 Å². The first-order valence-electron chi connectivity index (χ1n) is 6.22. The molecule has 2 aromatic carbocycles. The topological polar surface area (TPSA) is 29.5 Å². The summed E-state index contributed by atoms with van der Waals surface area (Å²) in [7, 11) is 3.13. The van der Waals surface area contributed by atoms with Crippen molar-refractivity contribution in [1.29, 1.82) is 0 Å². The minimum atomic E-state index is -0.487. The zero-order valence-electron chi connectivity index (χ0n) is 11.7. The van der Waals surface area contributed by atoms with E-state index in [9.17, 15) is 9.18 Å². The van der Waals surface area contributed by atoms with E-state index in [0.717, 1.165) is 0 Å². The average Bonchev–Trinajstić information content (AvgIpc) is 2.48. The predicted octanol–water partition coefficient (Wildman–Crippen LogP) is 3.42. The van der Waals surface area contributed by atoms with Crippen LogP contribution in [-0.4, -0.2) is 20.1 Å². The molecular weight excluding hydrogens is 257 g/mol. The molecule has 0 aliphatic heterocycles. The molecule has 20 heavy (non-hydrogen) atoms. The molecule has 0 fully saturated rings.